The molecular weight excluding hydrogens is 785 g/mol. The molecule has 306 valence electrons. The summed E-state index contributed by atoms with van der Waals surface area (Å²) < 4.78 is 4.90. The number of fused-ring (bicyclic) bond motifs is 9. The SMILES string of the molecule is CC1(C)c2ccccc2-c2cc3c4cc(-c5ccccc5)ccc4n(-c4ccc(-c5ccc6c(c5)c5cc(-c7ccccc7)ccc5n6-c5ccc(-c6ccccc6)cc5)cc4)c3cc21. The minimum Gasteiger partial charge on any atom is -0.309 e. The highest BCUT2D eigenvalue weighted by molar-refractivity contribution is 6.13. The van der Waals surface area contributed by atoms with Gasteiger partial charge in [0.15, 0.2) is 0 Å². The first-order chi connectivity index (χ1) is 32.0. The molecule has 12 aromatic rings. The van der Waals surface area contributed by atoms with Crippen molar-refractivity contribution in [2.24, 2.45) is 0 Å². The van der Waals surface area contributed by atoms with Gasteiger partial charge >= 0.3 is 0 Å². The summed E-state index contributed by atoms with van der Waals surface area (Å²) in [7, 11) is 0. The van der Waals surface area contributed by atoms with E-state index in [1.54, 1.807) is 0 Å². The molecule has 2 nitrogen and oxygen atoms in total. The maximum Gasteiger partial charge on any atom is 0.0544 e. The standard InChI is InChI=1S/C63H44N2/c1-63(2)57-21-13-12-20-51(57)52-39-56-55-37-47(43-18-10-5-11-19-43)27-35-61(55)65(62(56)40-58(52)63)50-31-24-45(25-32-50)48-28-34-60-54(38-48)53-36-46(42-16-8-4-9-17-42)26-33-59(53)64(60)49-29-22-44(23-30-49)41-14-6-3-7-15-41/h3-40H,1-2H3. The molecule has 1 aliphatic carbocycles. The third-order valence-corrected chi connectivity index (χ3v) is 14.1. The normalized spacial score (nSPS) is 12.9. The van der Waals surface area contributed by atoms with Crippen LogP contribution in [0.5, 0.6) is 0 Å². The van der Waals surface area contributed by atoms with Gasteiger partial charge in [0, 0.05) is 38.3 Å². The van der Waals surface area contributed by atoms with Crippen molar-refractivity contribution in [2.45, 2.75) is 19.3 Å². The van der Waals surface area contributed by atoms with Crippen LogP contribution < -0.4 is 0 Å². The fourth-order valence-corrected chi connectivity index (χ4v) is 10.8. The largest absolute Gasteiger partial charge is 0.309 e. The second-order valence-corrected chi connectivity index (χ2v) is 18.1. The third-order valence-electron chi connectivity index (χ3n) is 14.1. The van der Waals surface area contributed by atoms with Crippen molar-refractivity contribution in [1.29, 1.82) is 0 Å². The van der Waals surface area contributed by atoms with Crippen molar-refractivity contribution in [2.75, 3.05) is 0 Å². The van der Waals surface area contributed by atoms with Crippen LogP contribution in [0.2, 0.25) is 0 Å². The molecule has 13 rings (SSSR count). The fourth-order valence-electron chi connectivity index (χ4n) is 10.8. The summed E-state index contributed by atoms with van der Waals surface area (Å²) in [6.45, 7) is 4.74. The van der Waals surface area contributed by atoms with Crippen molar-refractivity contribution < 1.29 is 0 Å². The van der Waals surface area contributed by atoms with Gasteiger partial charge in [-0.2, -0.15) is 0 Å². The van der Waals surface area contributed by atoms with Crippen LogP contribution in [0.25, 0.3) is 111 Å². The van der Waals surface area contributed by atoms with E-state index in [0.29, 0.717) is 0 Å². The molecule has 0 atom stereocenters. The first-order valence-electron chi connectivity index (χ1n) is 22.7. The van der Waals surface area contributed by atoms with E-state index in [0.717, 1.165) is 11.4 Å². The Bertz CT molecular complexity index is 3800. The summed E-state index contributed by atoms with van der Waals surface area (Å²) >= 11 is 0. The Labute approximate surface area is 378 Å². The molecule has 0 bridgehead atoms. The average molecular weight is 829 g/mol. The maximum absolute atomic E-state index is 2.48. The van der Waals surface area contributed by atoms with Gasteiger partial charge in [-0.25, -0.2) is 0 Å². The lowest BCUT2D eigenvalue weighted by Gasteiger charge is -2.21. The average Bonchev–Trinajstić information content (AvgIpc) is 3.95. The number of hydrogen-bond donors (Lipinski definition) is 0. The van der Waals surface area contributed by atoms with Crippen LogP contribution >= 0.6 is 0 Å². The van der Waals surface area contributed by atoms with Crippen LogP contribution in [0.3, 0.4) is 0 Å². The van der Waals surface area contributed by atoms with Gasteiger partial charge in [-0.15, -0.1) is 0 Å². The molecule has 2 aromatic heterocycles. The lowest BCUT2D eigenvalue weighted by Crippen LogP contribution is -2.14. The molecule has 2 heterocycles. The maximum atomic E-state index is 2.48. The summed E-state index contributed by atoms with van der Waals surface area (Å²) in [6.07, 6.45) is 0. The molecular formula is C63H44N2. The highest BCUT2D eigenvalue weighted by atomic mass is 15.0. The molecule has 2 heteroatoms. The minimum atomic E-state index is -0.101. The van der Waals surface area contributed by atoms with Crippen molar-refractivity contribution in [3.63, 3.8) is 0 Å². The molecule has 0 saturated carbocycles. The highest BCUT2D eigenvalue weighted by Gasteiger charge is 2.36. The van der Waals surface area contributed by atoms with Crippen molar-refractivity contribution in [3.8, 4) is 67.0 Å². The van der Waals surface area contributed by atoms with Gasteiger partial charge in [0.25, 0.3) is 0 Å². The summed E-state index contributed by atoms with van der Waals surface area (Å²) in [5.74, 6) is 0. The summed E-state index contributed by atoms with van der Waals surface area (Å²) in [4.78, 5) is 0. The molecule has 0 radical (unpaired) electrons. The van der Waals surface area contributed by atoms with Gasteiger partial charge in [0.2, 0.25) is 0 Å². The van der Waals surface area contributed by atoms with E-state index in [4.69, 9.17) is 0 Å². The smallest absolute Gasteiger partial charge is 0.0544 e. The van der Waals surface area contributed by atoms with Crippen LogP contribution in [0.1, 0.15) is 25.0 Å². The highest BCUT2D eigenvalue weighted by Crippen LogP contribution is 2.51. The molecule has 0 fully saturated rings. The number of nitrogens with zero attached hydrogens (tertiary/aromatic N) is 2. The monoisotopic (exact) mass is 828 g/mol. The van der Waals surface area contributed by atoms with Gasteiger partial charge in [-0.3, -0.25) is 0 Å². The first-order valence-corrected chi connectivity index (χ1v) is 22.7. The Morgan fingerprint density at radius 1 is 0.262 bits per heavy atom. The van der Waals surface area contributed by atoms with E-state index in [2.05, 4.69) is 254 Å². The van der Waals surface area contributed by atoms with Gasteiger partial charge in [-0.05, 0) is 140 Å². The van der Waals surface area contributed by atoms with E-state index >= 15 is 0 Å². The van der Waals surface area contributed by atoms with E-state index in [9.17, 15) is 0 Å². The second-order valence-electron chi connectivity index (χ2n) is 18.1. The van der Waals surface area contributed by atoms with Crippen LogP contribution in [0.4, 0.5) is 0 Å². The predicted molar refractivity (Wildman–Crippen MR) is 274 cm³/mol. The Morgan fingerprint density at radius 3 is 1.09 bits per heavy atom. The Kier molecular flexibility index (Phi) is 8.29. The molecule has 0 spiro atoms. The molecule has 0 unspecified atom stereocenters. The van der Waals surface area contributed by atoms with Gasteiger partial charge < -0.3 is 9.13 Å². The first kappa shape index (κ1) is 37.4. The Morgan fingerprint density at radius 2 is 0.615 bits per heavy atom. The zero-order valence-corrected chi connectivity index (χ0v) is 36.3. The number of benzene rings is 10. The number of aromatic nitrogens is 2. The van der Waals surface area contributed by atoms with Gasteiger partial charge in [0.1, 0.15) is 0 Å². The molecule has 10 aromatic carbocycles. The van der Waals surface area contributed by atoms with Crippen LogP contribution in [-0.4, -0.2) is 9.13 Å². The molecule has 1 aliphatic rings. The Balaban J connectivity index is 0.953. The van der Waals surface area contributed by atoms with Crippen molar-refractivity contribution in [3.05, 3.63) is 242 Å². The zero-order valence-electron chi connectivity index (χ0n) is 36.3. The third kappa shape index (κ3) is 5.88. The van der Waals surface area contributed by atoms with Crippen LogP contribution in [0, 0.1) is 0 Å². The fraction of sp³-hybridized carbons (Fsp3) is 0.0476. The van der Waals surface area contributed by atoms with Crippen molar-refractivity contribution >= 4 is 43.6 Å². The molecule has 0 aliphatic heterocycles. The zero-order chi connectivity index (χ0) is 43.2. The van der Waals surface area contributed by atoms with Crippen LogP contribution in [0.15, 0.2) is 231 Å². The van der Waals surface area contributed by atoms with Gasteiger partial charge in [-0.1, -0.05) is 172 Å². The van der Waals surface area contributed by atoms with Crippen molar-refractivity contribution in [1.82, 2.24) is 9.13 Å². The Hall–Kier alpha value is -8.20. The topological polar surface area (TPSA) is 9.86 Å². The predicted octanol–water partition coefficient (Wildman–Crippen LogP) is 16.9. The van der Waals surface area contributed by atoms with Crippen LogP contribution in [-0.2, 0) is 5.41 Å². The summed E-state index contributed by atoms with van der Waals surface area (Å²) in [5.41, 5.74) is 22.2. The number of hydrogen-bond acceptors (Lipinski definition) is 0. The molecule has 65 heavy (non-hydrogen) atoms. The number of rotatable bonds is 6. The van der Waals surface area contributed by atoms with E-state index in [1.165, 1.54) is 110 Å². The van der Waals surface area contributed by atoms with E-state index < -0.39 is 0 Å². The summed E-state index contributed by atoms with van der Waals surface area (Å²) in [5, 5.41) is 5.02. The minimum absolute atomic E-state index is 0.101. The molecule has 0 saturated heterocycles. The molecule has 0 amide bonds. The second kappa shape index (κ2) is 14.4. The molecule has 0 N–H and O–H groups in total. The lowest BCUT2D eigenvalue weighted by molar-refractivity contribution is 0.661. The summed E-state index contributed by atoms with van der Waals surface area (Å²) in [6, 6.07) is 85.1. The van der Waals surface area contributed by atoms with Gasteiger partial charge in [0.05, 0.1) is 22.1 Å². The van der Waals surface area contributed by atoms with E-state index in [-0.39, 0.29) is 5.41 Å². The lowest BCUT2D eigenvalue weighted by atomic mass is 9.82. The van der Waals surface area contributed by atoms with E-state index in [1.807, 2.05) is 0 Å². The quantitative estimate of drug-likeness (QED) is 0.158.